The Morgan fingerprint density at radius 2 is 2.04 bits per heavy atom. The summed E-state index contributed by atoms with van der Waals surface area (Å²) >= 11 is 1.39. The van der Waals surface area contributed by atoms with E-state index in [9.17, 15) is 9.59 Å². The molecule has 1 aromatic heterocycles. The first-order valence-electron chi connectivity index (χ1n) is 7.78. The van der Waals surface area contributed by atoms with Crippen LogP contribution in [0.5, 0.6) is 0 Å². The number of carbonyl (C=O) groups excluding carboxylic acids is 2. The van der Waals surface area contributed by atoms with E-state index < -0.39 is 0 Å². The van der Waals surface area contributed by atoms with Crippen LogP contribution in [0.25, 0.3) is 0 Å². The minimum absolute atomic E-state index is 0.00313. The van der Waals surface area contributed by atoms with Gasteiger partial charge in [-0.3, -0.25) is 9.59 Å². The molecule has 1 aromatic carbocycles. The largest absolute Gasteiger partial charge is 0.339 e. The van der Waals surface area contributed by atoms with Crippen LogP contribution in [0.3, 0.4) is 0 Å². The Kier molecular flexibility index (Phi) is 4.48. The number of anilines is 1. The highest BCUT2D eigenvalue weighted by atomic mass is 32.1. The number of nitrogens with one attached hydrogen (secondary N) is 1. The van der Waals surface area contributed by atoms with Gasteiger partial charge in [0.2, 0.25) is 0 Å². The van der Waals surface area contributed by atoms with Crippen LogP contribution in [0.2, 0.25) is 0 Å². The van der Waals surface area contributed by atoms with Crippen molar-refractivity contribution in [3.63, 3.8) is 0 Å². The van der Waals surface area contributed by atoms with Gasteiger partial charge < -0.3 is 10.2 Å². The fourth-order valence-electron chi connectivity index (χ4n) is 2.61. The first-order chi connectivity index (χ1) is 11.1. The quantitative estimate of drug-likeness (QED) is 0.906. The van der Waals surface area contributed by atoms with Crippen LogP contribution in [-0.4, -0.2) is 29.8 Å². The maximum Gasteiger partial charge on any atom is 0.265 e. The summed E-state index contributed by atoms with van der Waals surface area (Å²) < 4.78 is 0. The Morgan fingerprint density at radius 1 is 1.26 bits per heavy atom. The summed E-state index contributed by atoms with van der Waals surface area (Å²) in [4.78, 5) is 27.2. The van der Waals surface area contributed by atoms with Gasteiger partial charge in [-0.25, -0.2) is 0 Å². The number of rotatable bonds is 5. The molecular weight excluding hydrogens is 308 g/mol. The number of hydrogen-bond acceptors (Lipinski definition) is 3. The molecule has 2 amide bonds. The van der Waals surface area contributed by atoms with Gasteiger partial charge in [0.25, 0.3) is 11.8 Å². The molecule has 4 nitrogen and oxygen atoms in total. The summed E-state index contributed by atoms with van der Waals surface area (Å²) in [5.74, 6) is 0.478. The first kappa shape index (κ1) is 15.7. The number of carbonyl (C=O) groups is 2. The van der Waals surface area contributed by atoms with E-state index in [2.05, 4.69) is 12.2 Å². The summed E-state index contributed by atoms with van der Waals surface area (Å²) in [6.45, 7) is 2.10. The fraction of sp³-hybridized carbons (Fsp3) is 0.333. The second kappa shape index (κ2) is 6.54. The Labute approximate surface area is 140 Å². The van der Waals surface area contributed by atoms with Crippen molar-refractivity contribution >= 4 is 28.8 Å². The Hall–Kier alpha value is -2.14. The fourth-order valence-corrected chi connectivity index (χ4v) is 3.23. The van der Waals surface area contributed by atoms with E-state index in [0.717, 1.165) is 0 Å². The zero-order valence-electron chi connectivity index (χ0n) is 13.3. The Bertz CT molecular complexity index is 708. The first-order valence-corrected chi connectivity index (χ1v) is 8.66. The summed E-state index contributed by atoms with van der Waals surface area (Å²) in [6, 6.07) is 11.0. The molecule has 1 atom stereocenters. The summed E-state index contributed by atoms with van der Waals surface area (Å²) in [6.07, 6.45) is 2.41. The van der Waals surface area contributed by atoms with Gasteiger partial charge in [-0.05, 0) is 55.3 Å². The van der Waals surface area contributed by atoms with E-state index in [0.29, 0.717) is 22.0 Å². The van der Waals surface area contributed by atoms with Crippen molar-refractivity contribution in [2.75, 3.05) is 12.4 Å². The van der Waals surface area contributed by atoms with Gasteiger partial charge in [0, 0.05) is 24.3 Å². The molecule has 0 aliphatic heterocycles. The molecule has 120 valence electrons. The maximum atomic E-state index is 12.6. The van der Waals surface area contributed by atoms with E-state index in [1.165, 1.54) is 24.2 Å². The minimum atomic E-state index is -0.149. The van der Waals surface area contributed by atoms with Crippen molar-refractivity contribution in [2.24, 2.45) is 5.92 Å². The predicted molar refractivity (Wildman–Crippen MR) is 93.0 cm³/mol. The highest BCUT2D eigenvalue weighted by Crippen LogP contribution is 2.35. The Morgan fingerprint density at radius 3 is 2.70 bits per heavy atom. The SMILES string of the molecule is CC(C1CC1)N(C)C(=O)c1cccc(NC(=O)c2cccs2)c1. The summed E-state index contributed by atoms with van der Waals surface area (Å²) in [5, 5.41) is 4.71. The van der Waals surface area contributed by atoms with Crippen LogP contribution in [0.1, 0.15) is 39.8 Å². The average Bonchev–Trinajstić information content (AvgIpc) is 3.26. The highest BCUT2D eigenvalue weighted by Gasteiger charge is 2.32. The third-order valence-corrected chi connectivity index (χ3v) is 5.22. The minimum Gasteiger partial charge on any atom is -0.339 e. The molecule has 1 saturated carbocycles. The summed E-state index contributed by atoms with van der Waals surface area (Å²) in [7, 11) is 1.85. The molecule has 5 heteroatoms. The van der Waals surface area contributed by atoms with E-state index in [1.54, 1.807) is 35.2 Å². The molecule has 1 N–H and O–H groups in total. The van der Waals surface area contributed by atoms with Gasteiger partial charge in [0.1, 0.15) is 0 Å². The van der Waals surface area contributed by atoms with Crippen LogP contribution in [0.15, 0.2) is 41.8 Å². The maximum absolute atomic E-state index is 12.6. The molecule has 0 radical (unpaired) electrons. The number of hydrogen-bond donors (Lipinski definition) is 1. The normalized spacial score (nSPS) is 15.0. The van der Waals surface area contributed by atoms with Crippen molar-refractivity contribution in [1.29, 1.82) is 0 Å². The number of amides is 2. The lowest BCUT2D eigenvalue weighted by atomic mass is 10.1. The van der Waals surface area contributed by atoms with Gasteiger partial charge in [-0.2, -0.15) is 0 Å². The Balaban J connectivity index is 1.71. The molecule has 23 heavy (non-hydrogen) atoms. The second-order valence-electron chi connectivity index (χ2n) is 6.01. The van der Waals surface area contributed by atoms with Crippen molar-refractivity contribution in [3.05, 3.63) is 52.2 Å². The zero-order chi connectivity index (χ0) is 16.4. The van der Waals surface area contributed by atoms with Crippen LogP contribution in [0, 0.1) is 5.92 Å². The van der Waals surface area contributed by atoms with Gasteiger partial charge in [-0.15, -0.1) is 11.3 Å². The smallest absolute Gasteiger partial charge is 0.265 e. The predicted octanol–water partition coefficient (Wildman–Crippen LogP) is 3.87. The van der Waals surface area contributed by atoms with Crippen molar-refractivity contribution in [3.8, 4) is 0 Å². The van der Waals surface area contributed by atoms with Crippen LogP contribution >= 0.6 is 11.3 Å². The van der Waals surface area contributed by atoms with Crippen LogP contribution in [-0.2, 0) is 0 Å². The van der Waals surface area contributed by atoms with E-state index in [4.69, 9.17) is 0 Å². The standard InChI is InChI=1S/C18H20N2O2S/c1-12(13-8-9-13)20(2)18(22)14-5-3-6-15(11-14)19-17(21)16-7-4-10-23-16/h3-7,10-13H,8-9H2,1-2H3,(H,19,21). The number of thiophene rings is 1. The molecule has 1 aliphatic carbocycles. The molecule has 1 heterocycles. The topological polar surface area (TPSA) is 49.4 Å². The molecule has 1 unspecified atom stereocenters. The number of nitrogens with zero attached hydrogens (tertiary/aromatic N) is 1. The second-order valence-corrected chi connectivity index (χ2v) is 6.95. The average molecular weight is 328 g/mol. The van der Waals surface area contributed by atoms with Crippen molar-refractivity contribution in [2.45, 2.75) is 25.8 Å². The van der Waals surface area contributed by atoms with Crippen molar-refractivity contribution in [1.82, 2.24) is 4.90 Å². The molecule has 0 saturated heterocycles. The monoisotopic (exact) mass is 328 g/mol. The molecule has 2 aromatic rings. The molecule has 1 aliphatic rings. The lowest BCUT2D eigenvalue weighted by molar-refractivity contribution is 0.0727. The lowest BCUT2D eigenvalue weighted by Crippen LogP contribution is -2.36. The summed E-state index contributed by atoms with van der Waals surface area (Å²) in [5.41, 5.74) is 1.24. The van der Waals surface area contributed by atoms with Gasteiger partial charge >= 0.3 is 0 Å². The molecular formula is C18H20N2O2S. The molecule has 3 rings (SSSR count). The molecule has 0 spiro atoms. The van der Waals surface area contributed by atoms with Crippen LogP contribution < -0.4 is 5.32 Å². The lowest BCUT2D eigenvalue weighted by Gasteiger charge is -2.25. The van der Waals surface area contributed by atoms with E-state index >= 15 is 0 Å². The van der Waals surface area contributed by atoms with Crippen LogP contribution in [0.4, 0.5) is 5.69 Å². The zero-order valence-corrected chi connectivity index (χ0v) is 14.1. The molecule has 0 bridgehead atoms. The van der Waals surface area contributed by atoms with E-state index in [-0.39, 0.29) is 17.9 Å². The van der Waals surface area contributed by atoms with Crippen molar-refractivity contribution < 1.29 is 9.59 Å². The molecule has 1 fully saturated rings. The van der Waals surface area contributed by atoms with Gasteiger partial charge in [0.15, 0.2) is 0 Å². The van der Waals surface area contributed by atoms with Gasteiger partial charge in [0.05, 0.1) is 4.88 Å². The van der Waals surface area contributed by atoms with Gasteiger partial charge in [-0.1, -0.05) is 12.1 Å². The third-order valence-electron chi connectivity index (χ3n) is 4.35. The third kappa shape index (κ3) is 3.62. The van der Waals surface area contributed by atoms with E-state index in [1.807, 2.05) is 18.5 Å². The highest BCUT2D eigenvalue weighted by molar-refractivity contribution is 7.12. The number of benzene rings is 1.